The van der Waals surface area contributed by atoms with Crippen molar-refractivity contribution in [1.29, 1.82) is 0 Å². The zero-order valence-electron chi connectivity index (χ0n) is 16.0. The summed E-state index contributed by atoms with van der Waals surface area (Å²) in [6.45, 7) is 4.10. The van der Waals surface area contributed by atoms with E-state index in [1.54, 1.807) is 6.08 Å². The number of hydrogen-bond donors (Lipinski definition) is 2. The number of esters is 1. The van der Waals surface area contributed by atoms with Gasteiger partial charge in [0.25, 0.3) is 5.24 Å². The summed E-state index contributed by atoms with van der Waals surface area (Å²) < 4.78 is 11.7. The normalized spacial score (nSPS) is 41.7. The van der Waals surface area contributed by atoms with Crippen molar-refractivity contribution < 1.29 is 24.2 Å². The SMILES string of the molecule is C/C1=C/C(=O)O[C@@H]2C[C@@H](CC[C@H](C)/C=C\CC1)O[C@@](O)([C@H]1CSC(=O)N1)C2. The van der Waals surface area contributed by atoms with Gasteiger partial charge in [0.2, 0.25) is 0 Å². The second-order valence-corrected chi connectivity index (χ2v) is 8.88. The van der Waals surface area contributed by atoms with E-state index in [1.807, 2.05) is 6.92 Å². The summed E-state index contributed by atoms with van der Waals surface area (Å²) in [6.07, 6.45) is 9.42. The van der Waals surface area contributed by atoms with Crippen molar-refractivity contribution in [3.63, 3.8) is 0 Å². The molecule has 27 heavy (non-hydrogen) atoms. The molecule has 2 fully saturated rings. The van der Waals surface area contributed by atoms with Crippen molar-refractivity contribution in [2.45, 2.75) is 76.4 Å². The van der Waals surface area contributed by atoms with Crippen LogP contribution in [0.5, 0.6) is 0 Å². The molecule has 0 spiro atoms. The molecule has 0 saturated carbocycles. The third kappa shape index (κ3) is 5.59. The number of carbonyl (C=O) groups excluding carboxylic acids is 2. The lowest BCUT2D eigenvalue weighted by atomic mass is 9.90. The highest BCUT2D eigenvalue weighted by atomic mass is 32.2. The van der Waals surface area contributed by atoms with E-state index in [-0.39, 0.29) is 23.7 Å². The average molecular weight is 396 g/mol. The molecule has 0 aromatic rings. The lowest BCUT2D eigenvalue weighted by molar-refractivity contribution is -0.283. The quantitative estimate of drug-likeness (QED) is 0.523. The Morgan fingerprint density at radius 3 is 2.85 bits per heavy atom. The Morgan fingerprint density at radius 2 is 2.11 bits per heavy atom. The topological polar surface area (TPSA) is 84.9 Å². The minimum Gasteiger partial charge on any atom is -0.459 e. The Labute approximate surface area is 164 Å². The van der Waals surface area contributed by atoms with Gasteiger partial charge in [-0.3, -0.25) is 4.79 Å². The molecule has 0 radical (unpaired) electrons. The Kier molecular flexibility index (Phi) is 6.65. The second-order valence-electron chi connectivity index (χ2n) is 7.89. The van der Waals surface area contributed by atoms with Gasteiger partial charge in [-0.05, 0) is 38.5 Å². The number of amides is 1. The molecule has 2 saturated heterocycles. The average Bonchev–Trinajstić information content (AvgIpc) is 3.03. The van der Waals surface area contributed by atoms with Crippen LogP contribution in [0.2, 0.25) is 0 Å². The minimum absolute atomic E-state index is 0.160. The molecule has 2 bridgehead atoms. The molecule has 6 nitrogen and oxygen atoms in total. The molecule has 3 rings (SSSR count). The first kappa shape index (κ1) is 20.4. The highest BCUT2D eigenvalue weighted by molar-refractivity contribution is 8.14. The number of thioether (sulfide) groups is 1. The van der Waals surface area contributed by atoms with Gasteiger partial charge in [0.15, 0.2) is 5.79 Å². The van der Waals surface area contributed by atoms with Crippen LogP contribution in [0.25, 0.3) is 0 Å². The van der Waals surface area contributed by atoms with E-state index >= 15 is 0 Å². The van der Waals surface area contributed by atoms with Crippen molar-refractivity contribution in [2.24, 2.45) is 5.92 Å². The van der Waals surface area contributed by atoms with Gasteiger partial charge >= 0.3 is 5.97 Å². The van der Waals surface area contributed by atoms with Crippen molar-refractivity contribution in [2.75, 3.05) is 5.75 Å². The predicted molar refractivity (Wildman–Crippen MR) is 104 cm³/mol. The van der Waals surface area contributed by atoms with Crippen LogP contribution in [0.3, 0.4) is 0 Å². The highest BCUT2D eigenvalue weighted by Gasteiger charge is 2.49. The maximum absolute atomic E-state index is 12.3. The van der Waals surface area contributed by atoms with Crippen LogP contribution in [-0.2, 0) is 14.3 Å². The molecular formula is C20H29NO5S. The van der Waals surface area contributed by atoms with E-state index in [1.165, 1.54) is 0 Å². The molecule has 3 heterocycles. The van der Waals surface area contributed by atoms with Gasteiger partial charge in [0.1, 0.15) is 6.10 Å². The van der Waals surface area contributed by atoms with Crippen molar-refractivity contribution in [1.82, 2.24) is 5.32 Å². The van der Waals surface area contributed by atoms with Crippen LogP contribution in [0, 0.1) is 5.92 Å². The van der Waals surface area contributed by atoms with E-state index < -0.39 is 17.9 Å². The number of ether oxygens (including phenoxy) is 2. The maximum atomic E-state index is 12.3. The lowest BCUT2D eigenvalue weighted by Crippen LogP contribution is -2.58. The second kappa shape index (κ2) is 8.80. The number of hydrogen-bond acceptors (Lipinski definition) is 6. The molecule has 0 aromatic carbocycles. The van der Waals surface area contributed by atoms with Crippen LogP contribution in [0.1, 0.15) is 52.4 Å². The molecule has 7 heteroatoms. The first-order chi connectivity index (χ1) is 12.8. The number of fused-ring (bicyclic) bond motifs is 2. The molecule has 3 aliphatic rings. The zero-order chi connectivity index (χ0) is 19.4. The van der Waals surface area contributed by atoms with Crippen molar-refractivity contribution >= 4 is 23.0 Å². The molecule has 5 atom stereocenters. The summed E-state index contributed by atoms with van der Waals surface area (Å²) in [5.41, 5.74) is 0.979. The Balaban J connectivity index is 1.78. The minimum atomic E-state index is -1.51. The van der Waals surface area contributed by atoms with Gasteiger partial charge in [0, 0.05) is 24.7 Å². The van der Waals surface area contributed by atoms with Gasteiger partial charge in [-0.1, -0.05) is 36.4 Å². The monoisotopic (exact) mass is 395 g/mol. The summed E-state index contributed by atoms with van der Waals surface area (Å²) in [5, 5.41) is 13.7. The molecule has 3 aliphatic heterocycles. The Morgan fingerprint density at radius 1 is 1.30 bits per heavy atom. The van der Waals surface area contributed by atoms with E-state index in [0.717, 1.165) is 43.0 Å². The first-order valence-electron chi connectivity index (χ1n) is 9.72. The fourth-order valence-corrected chi connectivity index (χ4v) is 4.75. The number of aliphatic hydroxyl groups is 1. The van der Waals surface area contributed by atoms with Crippen LogP contribution in [0.15, 0.2) is 23.8 Å². The van der Waals surface area contributed by atoms with Crippen LogP contribution in [0.4, 0.5) is 4.79 Å². The van der Waals surface area contributed by atoms with E-state index in [4.69, 9.17) is 9.47 Å². The summed E-state index contributed by atoms with van der Waals surface area (Å²) in [7, 11) is 0. The van der Waals surface area contributed by atoms with Gasteiger partial charge in [-0.25, -0.2) is 4.79 Å². The maximum Gasteiger partial charge on any atom is 0.330 e. The number of nitrogens with one attached hydrogen (secondary N) is 1. The zero-order valence-corrected chi connectivity index (χ0v) is 16.8. The summed E-state index contributed by atoms with van der Waals surface area (Å²) in [6, 6.07) is -0.493. The number of rotatable bonds is 1. The third-order valence-electron chi connectivity index (χ3n) is 5.40. The van der Waals surface area contributed by atoms with Gasteiger partial charge in [-0.15, -0.1) is 0 Å². The smallest absolute Gasteiger partial charge is 0.330 e. The Bertz CT molecular complexity index is 634. The molecule has 0 aromatic heterocycles. The Hall–Kier alpha value is -1.31. The van der Waals surface area contributed by atoms with Crippen molar-refractivity contribution in [3.8, 4) is 0 Å². The van der Waals surface area contributed by atoms with E-state index in [2.05, 4.69) is 24.4 Å². The van der Waals surface area contributed by atoms with E-state index in [0.29, 0.717) is 18.1 Å². The van der Waals surface area contributed by atoms with Gasteiger partial charge < -0.3 is 19.9 Å². The van der Waals surface area contributed by atoms with E-state index in [9.17, 15) is 14.7 Å². The molecular weight excluding hydrogens is 366 g/mol. The largest absolute Gasteiger partial charge is 0.459 e. The lowest BCUT2D eigenvalue weighted by Gasteiger charge is -2.43. The summed E-state index contributed by atoms with van der Waals surface area (Å²) >= 11 is 1.14. The fraction of sp³-hybridized carbons (Fsp3) is 0.700. The third-order valence-corrected chi connectivity index (χ3v) is 6.28. The molecule has 0 unspecified atom stereocenters. The van der Waals surface area contributed by atoms with Gasteiger partial charge in [0.05, 0.1) is 12.1 Å². The van der Waals surface area contributed by atoms with Crippen LogP contribution >= 0.6 is 11.8 Å². The summed E-state index contributed by atoms with van der Waals surface area (Å²) in [5.74, 6) is -1.03. The number of allylic oxidation sites excluding steroid dienone is 3. The standard InChI is InChI=1S/C20H29NO5S/c1-13-5-3-4-6-14(2)9-18(22)25-16-10-15(8-7-13)26-20(24,11-16)17-12-27-19(23)21-17/h3,5,9,13,15-17,24H,4,6-8,10-12H2,1-2H3,(H,21,23)/b5-3-,14-9-/t13-,15-,16-,17-,20-/m1/s1. The molecule has 0 aliphatic carbocycles. The molecule has 1 amide bonds. The van der Waals surface area contributed by atoms with Crippen LogP contribution < -0.4 is 5.32 Å². The van der Waals surface area contributed by atoms with Gasteiger partial charge in [-0.2, -0.15) is 0 Å². The first-order valence-corrected chi connectivity index (χ1v) is 10.7. The van der Waals surface area contributed by atoms with Crippen molar-refractivity contribution in [3.05, 3.63) is 23.8 Å². The fourth-order valence-electron chi connectivity index (χ4n) is 3.86. The van der Waals surface area contributed by atoms with Crippen LogP contribution in [-0.4, -0.2) is 46.1 Å². The summed E-state index contributed by atoms with van der Waals surface area (Å²) in [4.78, 5) is 23.9. The molecule has 2 N–H and O–H groups in total. The highest BCUT2D eigenvalue weighted by Crippen LogP contribution is 2.37. The number of carbonyl (C=O) groups is 2. The molecule has 150 valence electrons. The predicted octanol–water partition coefficient (Wildman–Crippen LogP) is 3.30.